The second kappa shape index (κ2) is 8.64. The Hall–Kier alpha value is -3.37. The minimum Gasteiger partial charge on any atom is -0.322 e. The summed E-state index contributed by atoms with van der Waals surface area (Å²) in [6, 6.07) is 13.3. The standard InChI is InChI=1S/C22H19N3O5S2/c1-13-6-11-20(31-13)32(29,30)25-22(28)23-15-9-7-14(8-10-15)17-12-19(26)24-18-5-3-2-4-16(18)21(17)27/h2-5,7-13H,6H2,1H3,(H,24,26)(H2,23,25,28). The van der Waals surface area contributed by atoms with E-state index in [0.29, 0.717) is 28.6 Å². The monoisotopic (exact) mass is 469 g/mol. The van der Waals surface area contributed by atoms with E-state index in [-0.39, 0.29) is 20.5 Å². The van der Waals surface area contributed by atoms with Gasteiger partial charge in [0.15, 0.2) is 5.43 Å². The Morgan fingerprint density at radius 1 is 1.09 bits per heavy atom. The van der Waals surface area contributed by atoms with Gasteiger partial charge < -0.3 is 10.3 Å². The van der Waals surface area contributed by atoms with Gasteiger partial charge in [-0.1, -0.05) is 37.3 Å². The van der Waals surface area contributed by atoms with E-state index in [9.17, 15) is 22.8 Å². The van der Waals surface area contributed by atoms with Crippen molar-refractivity contribution in [3.05, 3.63) is 85.5 Å². The molecule has 0 bridgehead atoms. The van der Waals surface area contributed by atoms with Gasteiger partial charge in [0.05, 0.1) is 5.52 Å². The summed E-state index contributed by atoms with van der Waals surface area (Å²) in [4.78, 5) is 40.0. The maximum atomic E-state index is 12.9. The number of benzene rings is 2. The minimum absolute atomic E-state index is 0.132. The zero-order valence-corrected chi connectivity index (χ0v) is 18.5. The lowest BCUT2D eigenvalue weighted by Gasteiger charge is -2.10. The average molecular weight is 470 g/mol. The van der Waals surface area contributed by atoms with Crippen molar-refractivity contribution in [1.82, 2.24) is 9.71 Å². The van der Waals surface area contributed by atoms with Crippen molar-refractivity contribution in [3.63, 3.8) is 0 Å². The number of hydrogen-bond donors (Lipinski definition) is 3. The first-order valence-electron chi connectivity index (χ1n) is 9.70. The second-order valence-electron chi connectivity index (χ2n) is 7.25. The molecule has 1 aromatic heterocycles. The van der Waals surface area contributed by atoms with Crippen LogP contribution in [0.1, 0.15) is 13.3 Å². The summed E-state index contributed by atoms with van der Waals surface area (Å²) in [5, 5.41) is 2.99. The number of anilines is 1. The SMILES string of the molecule is CC1CC=C(S(=O)(=O)NC(=O)Nc2ccc(-c3cc(=O)[nH]c4ccccc4c3=O)cc2)S1. The number of carbonyl (C=O) groups excluding carboxylic acids is 1. The lowest BCUT2D eigenvalue weighted by atomic mass is 10.1. The van der Waals surface area contributed by atoms with Crippen LogP contribution >= 0.6 is 11.8 Å². The van der Waals surface area contributed by atoms with Gasteiger partial charge in [0.2, 0.25) is 5.56 Å². The van der Waals surface area contributed by atoms with Crippen molar-refractivity contribution in [1.29, 1.82) is 0 Å². The van der Waals surface area contributed by atoms with Crippen molar-refractivity contribution in [3.8, 4) is 11.1 Å². The van der Waals surface area contributed by atoms with E-state index in [1.807, 2.05) is 11.6 Å². The number of aromatic amines is 1. The summed E-state index contributed by atoms with van der Waals surface area (Å²) in [5.74, 6) is 0. The predicted octanol–water partition coefficient (Wildman–Crippen LogP) is 3.37. The van der Waals surface area contributed by atoms with Gasteiger partial charge in [-0.05, 0) is 36.2 Å². The number of rotatable bonds is 4. The summed E-state index contributed by atoms with van der Waals surface area (Å²) in [5.41, 5.74) is 0.745. The molecule has 164 valence electrons. The van der Waals surface area contributed by atoms with E-state index >= 15 is 0 Å². The molecule has 1 atom stereocenters. The molecule has 10 heteroatoms. The fourth-order valence-corrected chi connectivity index (χ4v) is 5.92. The Morgan fingerprint density at radius 2 is 1.81 bits per heavy atom. The van der Waals surface area contributed by atoms with Crippen LogP contribution in [-0.4, -0.2) is 24.7 Å². The molecule has 0 saturated carbocycles. The van der Waals surface area contributed by atoms with Crippen LogP contribution in [-0.2, 0) is 10.0 Å². The van der Waals surface area contributed by atoms with Crippen LogP contribution in [0, 0.1) is 0 Å². The van der Waals surface area contributed by atoms with Crippen LogP contribution in [0.4, 0.5) is 10.5 Å². The van der Waals surface area contributed by atoms with Crippen molar-refractivity contribution < 1.29 is 13.2 Å². The molecule has 1 aliphatic heterocycles. The lowest BCUT2D eigenvalue weighted by Crippen LogP contribution is -2.34. The minimum atomic E-state index is -3.92. The summed E-state index contributed by atoms with van der Waals surface area (Å²) in [6.07, 6.45) is 2.21. The number of aromatic nitrogens is 1. The zero-order chi connectivity index (χ0) is 22.9. The van der Waals surface area contributed by atoms with Crippen LogP contribution in [0.3, 0.4) is 0 Å². The Balaban J connectivity index is 1.56. The zero-order valence-electron chi connectivity index (χ0n) is 16.9. The Bertz CT molecular complexity index is 1460. The van der Waals surface area contributed by atoms with E-state index in [0.717, 1.165) is 0 Å². The van der Waals surface area contributed by atoms with Crippen LogP contribution in [0.2, 0.25) is 0 Å². The first-order chi connectivity index (χ1) is 15.2. The van der Waals surface area contributed by atoms with Crippen molar-refractivity contribution in [2.75, 3.05) is 5.32 Å². The third-order valence-corrected chi connectivity index (χ3v) is 7.92. The predicted molar refractivity (Wildman–Crippen MR) is 127 cm³/mol. The van der Waals surface area contributed by atoms with E-state index < -0.39 is 21.6 Å². The van der Waals surface area contributed by atoms with Gasteiger partial charge in [0.1, 0.15) is 4.24 Å². The topological polar surface area (TPSA) is 125 Å². The van der Waals surface area contributed by atoms with Crippen LogP contribution in [0.15, 0.2) is 74.5 Å². The van der Waals surface area contributed by atoms with Gasteiger partial charge in [0, 0.05) is 28.0 Å². The summed E-state index contributed by atoms with van der Waals surface area (Å²) in [7, 11) is -3.92. The molecule has 0 saturated heterocycles. The van der Waals surface area contributed by atoms with Crippen LogP contribution in [0.5, 0.6) is 0 Å². The highest BCUT2D eigenvalue weighted by molar-refractivity contribution is 8.18. The number of urea groups is 1. The first kappa shape index (κ1) is 21.8. The van der Waals surface area contributed by atoms with Gasteiger partial charge in [-0.3, -0.25) is 9.59 Å². The molecule has 2 aromatic carbocycles. The van der Waals surface area contributed by atoms with Crippen LogP contribution in [0.25, 0.3) is 22.0 Å². The molecule has 0 aliphatic carbocycles. The molecule has 2 heterocycles. The molecule has 1 unspecified atom stereocenters. The van der Waals surface area contributed by atoms with Gasteiger partial charge in [0.25, 0.3) is 10.0 Å². The molecule has 0 radical (unpaired) electrons. The summed E-state index contributed by atoms with van der Waals surface area (Å²) in [6.45, 7) is 1.90. The Morgan fingerprint density at radius 3 is 2.50 bits per heavy atom. The smallest absolute Gasteiger partial charge is 0.322 e. The number of para-hydroxylation sites is 1. The number of amides is 2. The number of fused-ring (bicyclic) bond motifs is 1. The molecular formula is C22H19N3O5S2. The lowest BCUT2D eigenvalue weighted by molar-refractivity contribution is 0.256. The first-order valence-corrected chi connectivity index (χ1v) is 12.1. The number of allylic oxidation sites excluding steroid dienone is 1. The summed E-state index contributed by atoms with van der Waals surface area (Å²) >= 11 is 1.20. The van der Waals surface area contributed by atoms with Gasteiger partial charge in [-0.25, -0.2) is 17.9 Å². The molecule has 4 rings (SSSR count). The van der Waals surface area contributed by atoms with E-state index in [1.54, 1.807) is 42.5 Å². The summed E-state index contributed by atoms with van der Waals surface area (Å²) < 4.78 is 26.7. The molecule has 0 fully saturated rings. The molecule has 8 nitrogen and oxygen atoms in total. The molecule has 3 aromatic rings. The Kier molecular flexibility index (Phi) is 5.90. The fourth-order valence-electron chi connectivity index (χ4n) is 3.31. The van der Waals surface area contributed by atoms with Crippen molar-refractivity contribution >= 4 is 44.4 Å². The van der Waals surface area contributed by atoms with Crippen molar-refractivity contribution in [2.24, 2.45) is 0 Å². The molecular weight excluding hydrogens is 450 g/mol. The fraction of sp³-hybridized carbons (Fsp3) is 0.136. The van der Waals surface area contributed by atoms with Gasteiger partial charge >= 0.3 is 6.03 Å². The molecule has 2 amide bonds. The number of thioether (sulfide) groups is 1. The van der Waals surface area contributed by atoms with E-state index in [4.69, 9.17) is 0 Å². The number of sulfonamides is 1. The third-order valence-electron chi connectivity index (χ3n) is 4.83. The van der Waals surface area contributed by atoms with E-state index in [1.165, 1.54) is 30.0 Å². The highest BCUT2D eigenvalue weighted by Crippen LogP contribution is 2.34. The number of H-pyrrole nitrogens is 1. The van der Waals surface area contributed by atoms with Gasteiger partial charge in [-0.15, -0.1) is 11.8 Å². The van der Waals surface area contributed by atoms with Crippen LogP contribution < -0.4 is 21.0 Å². The maximum Gasteiger partial charge on any atom is 0.333 e. The van der Waals surface area contributed by atoms with Crippen molar-refractivity contribution in [2.45, 2.75) is 18.6 Å². The molecule has 1 aliphatic rings. The molecule has 3 N–H and O–H groups in total. The maximum absolute atomic E-state index is 12.9. The number of nitrogens with one attached hydrogen (secondary N) is 3. The Labute approximate surface area is 187 Å². The quantitative estimate of drug-likeness (QED) is 0.538. The van der Waals surface area contributed by atoms with E-state index in [2.05, 4.69) is 10.3 Å². The van der Waals surface area contributed by atoms with Gasteiger partial charge in [-0.2, -0.15) is 0 Å². The highest BCUT2D eigenvalue weighted by atomic mass is 32.3. The molecule has 0 spiro atoms. The highest BCUT2D eigenvalue weighted by Gasteiger charge is 2.26. The third kappa shape index (κ3) is 4.61. The largest absolute Gasteiger partial charge is 0.333 e. The second-order valence-corrected chi connectivity index (χ2v) is 10.6. The number of hydrogen-bond acceptors (Lipinski definition) is 6. The number of carbonyl (C=O) groups is 1. The molecule has 32 heavy (non-hydrogen) atoms. The normalized spacial score (nSPS) is 15.9. The average Bonchev–Trinajstić information content (AvgIpc) is 3.14.